The summed E-state index contributed by atoms with van der Waals surface area (Å²) in [6.45, 7) is 7.75. The molecule has 0 fully saturated rings. The third kappa shape index (κ3) is 5.53. The van der Waals surface area contributed by atoms with Crippen molar-refractivity contribution in [3.63, 3.8) is 0 Å². The topological polar surface area (TPSA) is 27.7 Å². The van der Waals surface area contributed by atoms with Gasteiger partial charge in [0.1, 0.15) is 0 Å². The van der Waals surface area contributed by atoms with E-state index in [0.29, 0.717) is 19.8 Å². The van der Waals surface area contributed by atoms with Crippen LogP contribution in [0.1, 0.15) is 33.6 Å². The van der Waals surface area contributed by atoms with E-state index in [9.17, 15) is 0 Å². The first kappa shape index (κ1) is 14.7. The standard InChI is InChI=1S/C10H21O3.Sn/c1-5-9-10(11-6-2,12-7-3)13-8-4;/h1,5-9H2,2-4H3;. The predicted molar refractivity (Wildman–Crippen MR) is 57.4 cm³/mol. The predicted octanol–water partition coefficient (Wildman–Crippen LogP) is 2.12. The molecule has 0 aliphatic heterocycles. The second-order valence-corrected chi connectivity index (χ2v) is 4.26. The van der Waals surface area contributed by atoms with Crippen LogP contribution in [0.4, 0.5) is 0 Å². The van der Waals surface area contributed by atoms with E-state index in [4.69, 9.17) is 14.2 Å². The summed E-state index contributed by atoms with van der Waals surface area (Å²) in [4.78, 5) is 0. The molecule has 3 radical (unpaired) electrons. The Morgan fingerprint density at radius 1 is 0.929 bits per heavy atom. The maximum absolute atomic E-state index is 5.58. The molecule has 0 atom stereocenters. The van der Waals surface area contributed by atoms with Crippen molar-refractivity contribution in [3.8, 4) is 0 Å². The van der Waals surface area contributed by atoms with E-state index in [1.165, 1.54) is 4.44 Å². The third-order valence-corrected chi connectivity index (χ3v) is 2.76. The molecule has 0 saturated heterocycles. The Labute approximate surface area is 101 Å². The van der Waals surface area contributed by atoms with E-state index in [1.54, 1.807) is 22.5 Å². The molecule has 0 amide bonds. The van der Waals surface area contributed by atoms with E-state index in [-0.39, 0.29) is 0 Å². The van der Waals surface area contributed by atoms with Crippen LogP contribution in [0.3, 0.4) is 0 Å². The van der Waals surface area contributed by atoms with E-state index in [1.807, 2.05) is 20.8 Å². The minimum atomic E-state index is -0.783. The van der Waals surface area contributed by atoms with Crippen molar-refractivity contribution < 1.29 is 14.2 Å². The molecule has 0 N–H and O–H groups in total. The summed E-state index contributed by atoms with van der Waals surface area (Å²) in [6.07, 6.45) is 1.92. The van der Waals surface area contributed by atoms with Gasteiger partial charge in [0.15, 0.2) is 0 Å². The Bertz CT molecular complexity index is 114. The molecule has 83 valence electrons. The normalized spacial score (nSPS) is 12.0. The van der Waals surface area contributed by atoms with Gasteiger partial charge in [-0.1, -0.05) is 0 Å². The molecule has 0 heterocycles. The fourth-order valence-corrected chi connectivity index (χ4v) is 1.81. The zero-order chi connectivity index (χ0) is 10.9. The van der Waals surface area contributed by atoms with Crippen molar-refractivity contribution in [1.29, 1.82) is 0 Å². The van der Waals surface area contributed by atoms with Crippen molar-refractivity contribution in [2.75, 3.05) is 19.8 Å². The summed E-state index contributed by atoms with van der Waals surface area (Å²) in [7, 11) is 0. The summed E-state index contributed by atoms with van der Waals surface area (Å²) in [6, 6.07) is 0. The number of rotatable bonds is 9. The van der Waals surface area contributed by atoms with Gasteiger partial charge in [-0.25, -0.2) is 0 Å². The molecule has 0 aromatic heterocycles. The second-order valence-electron chi connectivity index (χ2n) is 2.84. The zero-order valence-electron chi connectivity index (χ0n) is 9.47. The first-order chi connectivity index (χ1) is 6.74. The molecule has 0 unspecified atom stereocenters. The zero-order valence-corrected chi connectivity index (χ0v) is 12.3. The summed E-state index contributed by atoms with van der Waals surface area (Å²) in [5.41, 5.74) is 0. The van der Waals surface area contributed by atoms with Crippen LogP contribution in [0, 0.1) is 0 Å². The van der Waals surface area contributed by atoms with Crippen LogP contribution in [0.5, 0.6) is 0 Å². The Hall–Kier alpha value is 0.679. The Morgan fingerprint density at radius 2 is 1.36 bits per heavy atom. The van der Waals surface area contributed by atoms with Gasteiger partial charge in [0.2, 0.25) is 0 Å². The van der Waals surface area contributed by atoms with Crippen molar-refractivity contribution in [2.24, 2.45) is 0 Å². The van der Waals surface area contributed by atoms with Crippen LogP contribution in [0.2, 0.25) is 4.44 Å². The van der Waals surface area contributed by atoms with Crippen LogP contribution in [-0.2, 0) is 14.2 Å². The molecule has 14 heavy (non-hydrogen) atoms. The summed E-state index contributed by atoms with van der Waals surface area (Å²) >= 11 is 1.55. The van der Waals surface area contributed by atoms with Crippen LogP contribution in [0.25, 0.3) is 0 Å². The van der Waals surface area contributed by atoms with Gasteiger partial charge in [0, 0.05) is 0 Å². The Balaban J connectivity index is 4.21. The van der Waals surface area contributed by atoms with Gasteiger partial charge in [-0.2, -0.15) is 0 Å². The van der Waals surface area contributed by atoms with Gasteiger partial charge < -0.3 is 0 Å². The van der Waals surface area contributed by atoms with Crippen LogP contribution >= 0.6 is 0 Å². The van der Waals surface area contributed by atoms with Crippen molar-refractivity contribution in [3.05, 3.63) is 0 Å². The molecule has 0 aromatic rings. The number of ether oxygens (including phenoxy) is 3. The number of hydrogen-bond acceptors (Lipinski definition) is 3. The summed E-state index contributed by atoms with van der Waals surface area (Å²) < 4.78 is 17.9. The fraction of sp³-hybridized carbons (Fsp3) is 1.00. The Morgan fingerprint density at radius 3 is 1.64 bits per heavy atom. The maximum atomic E-state index is 5.58. The molecular formula is C10H21O3Sn. The molecule has 0 aromatic carbocycles. The molecule has 0 aliphatic carbocycles. The SMILES string of the molecule is CCOC(CC[CH2][Sn])(OCC)OCC. The third-order valence-electron chi connectivity index (χ3n) is 1.75. The van der Waals surface area contributed by atoms with E-state index in [2.05, 4.69) is 0 Å². The molecule has 3 nitrogen and oxygen atoms in total. The van der Waals surface area contributed by atoms with Crippen LogP contribution in [-0.4, -0.2) is 48.3 Å². The van der Waals surface area contributed by atoms with E-state index < -0.39 is 5.97 Å². The first-order valence-corrected chi connectivity index (χ1v) is 7.32. The molecule has 0 rings (SSSR count). The van der Waals surface area contributed by atoms with Crippen LogP contribution in [0.15, 0.2) is 0 Å². The average Bonchev–Trinajstić information content (AvgIpc) is 2.16. The molecule has 0 bridgehead atoms. The summed E-state index contributed by atoms with van der Waals surface area (Å²) in [5, 5.41) is 0. The molecule has 0 spiro atoms. The van der Waals surface area contributed by atoms with Crippen molar-refractivity contribution in [1.82, 2.24) is 0 Å². The average molecular weight is 308 g/mol. The second kappa shape index (κ2) is 8.94. The summed E-state index contributed by atoms with van der Waals surface area (Å²) in [5.74, 6) is -0.783. The molecule has 4 heteroatoms. The van der Waals surface area contributed by atoms with Crippen molar-refractivity contribution in [2.45, 2.75) is 44.0 Å². The van der Waals surface area contributed by atoms with Gasteiger partial charge in [-0.3, -0.25) is 0 Å². The van der Waals surface area contributed by atoms with Gasteiger partial charge in [-0.05, 0) is 0 Å². The fourth-order valence-electron chi connectivity index (χ4n) is 1.31. The van der Waals surface area contributed by atoms with Gasteiger partial charge in [-0.15, -0.1) is 0 Å². The molecular weight excluding hydrogens is 287 g/mol. The molecule has 0 saturated carbocycles. The van der Waals surface area contributed by atoms with E-state index >= 15 is 0 Å². The minimum absolute atomic E-state index is 0.622. The van der Waals surface area contributed by atoms with Gasteiger partial charge in [0.25, 0.3) is 0 Å². The van der Waals surface area contributed by atoms with Gasteiger partial charge in [0.05, 0.1) is 0 Å². The Kier molecular flexibility index (Phi) is 9.38. The van der Waals surface area contributed by atoms with Crippen molar-refractivity contribution >= 4 is 22.5 Å². The van der Waals surface area contributed by atoms with Gasteiger partial charge >= 0.3 is 101 Å². The monoisotopic (exact) mass is 309 g/mol. The van der Waals surface area contributed by atoms with E-state index in [0.717, 1.165) is 12.8 Å². The molecule has 0 aliphatic rings. The van der Waals surface area contributed by atoms with Crippen LogP contribution < -0.4 is 0 Å². The first-order valence-electron chi connectivity index (χ1n) is 5.31. The number of hydrogen-bond donors (Lipinski definition) is 0. The quantitative estimate of drug-likeness (QED) is 0.482.